The molecule has 0 nitrogen and oxygen atoms in total. The lowest BCUT2D eigenvalue weighted by atomic mass is 10.1. The van der Waals surface area contributed by atoms with E-state index in [1.54, 1.807) is 11.8 Å². The van der Waals surface area contributed by atoms with Crippen LogP contribution in [-0.2, 0) is 0 Å². The molecule has 12 heavy (non-hydrogen) atoms. The maximum absolute atomic E-state index is 6.20. The van der Waals surface area contributed by atoms with E-state index >= 15 is 0 Å². The molecule has 0 spiro atoms. The Balaban J connectivity index is 2.35. The highest BCUT2D eigenvalue weighted by Gasteiger charge is 2.30. The van der Waals surface area contributed by atoms with Crippen LogP contribution >= 0.6 is 35.0 Å². The zero-order valence-corrected chi connectivity index (χ0v) is 8.66. The second kappa shape index (κ2) is 3.49. The monoisotopic (exact) mass is 218 g/mol. The molecule has 3 heteroatoms. The van der Waals surface area contributed by atoms with Gasteiger partial charge in [0.25, 0.3) is 0 Å². The molecule has 0 aromatic heterocycles. The predicted octanol–water partition coefficient (Wildman–Crippen LogP) is 3.68. The van der Waals surface area contributed by atoms with Gasteiger partial charge in [-0.1, -0.05) is 18.2 Å². The van der Waals surface area contributed by atoms with E-state index in [0.717, 1.165) is 0 Å². The van der Waals surface area contributed by atoms with Gasteiger partial charge in [-0.3, -0.25) is 0 Å². The first kappa shape index (κ1) is 8.74. The Morgan fingerprint density at radius 3 is 2.75 bits per heavy atom. The minimum Gasteiger partial charge on any atom is -0.125 e. The summed E-state index contributed by atoms with van der Waals surface area (Å²) in [7, 11) is 0. The Bertz CT molecular complexity index is 288. The first-order valence-corrected chi connectivity index (χ1v) is 5.63. The smallest absolute Gasteiger partial charge is 0.0729 e. The zero-order valence-electron chi connectivity index (χ0n) is 6.34. The van der Waals surface area contributed by atoms with Crippen LogP contribution in [0.15, 0.2) is 29.2 Å². The van der Waals surface area contributed by atoms with Gasteiger partial charge < -0.3 is 0 Å². The van der Waals surface area contributed by atoms with Crippen molar-refractivity contribution in [2.24, 2.45) is 0 Å². The summed E-state index contributed by atoms with van der Waals surface area (Å²) in [5, 5.41) is 0.425. The van der Waals surface area contributed by atoms with Crippen LogP contribution in [0.3, 0.4) is 0 Å². The standard InChI is InChI=1S/C9H8Cl2S/c10-5-8-9(11)6-3-1-2-4-7(6)12-8/h1-4,8-9H,5H2/t8-,9-/m1/s1. The van der Waals surface area contributed by atoms with Gasteiger partial charge in [0.1, 0.15) is 0 Å². The first-order chi connectivity index (χ1) is 5.83. The van der Waals surface area contributed by atoms with Crippen molar-refractivity contribution in [3.63, 3.8) is 0 Å². The lowest BCUT2D eigenvalue weighted by Gasteiger charge is -2.07. The summed E-state index contributed by atoms with van der Waals surface area (Å²) in [5.41, 5.74) is 1.23. The van der Waals surface area contributed by atoms with Crippen LogP contribution in [0.1, 0.15) is 10.9 Å². The van der Waals surface area contributed by atoms with Gasteiger partial charge in [-0.05, 0) is 11.6 Å². The first-order valence-electron chi connectivity index (χ1n) is 3.78. The van der Waals surface area contributed by atoms with Crippen LogP contribution in [0.4, 0.5) is 0 Å². The van der Waals surface area contributed by atoms with Crippen molar-refractivity contribution in [1.82, 2.24) is 0 Å². The Kier molecular flexibility index (Phi) is 2.54. The summed E-state index contributed by atoms with van der Waals surface area (Å²) in [6, 6.07) is 8.23. The van der Waals surface area contributed by atoms with E-state index in [0.29, 0.717) is 11.1 Å². The van der Waals surface area contributed by atoms with E-state index < -0.39 is 0 Å². The van der Waals surface area contributed by atoms with Crippen molar-refractivity contribution < 1.29 is 0 Å². The SMILES string of the molecule is ClC[C@H]1Sc2ccccc2[C@H]1Cl. The summed E-state index contributed by atoms with van der Waals surface area (Å²) in [6.07, 6.45) is 0. The van der Waals surface area contributed by atoms with Gasteiger partial charge in [-0.15, -0.1) is 35.0 Å². The summed E-state index contributed by atoms with van der Waals surface area (Å²) in [6.45, 7) is 0. The van der Waals surface area contributed by atoms with Crippen molar-refractivity contribution in [1.29, 1.82) is 0 Å². The van der Waals surface area contributed by atoms with Crippen LogP contribution < -0.4 is 0 Å². The Hall–Kier alpha value is 0.150. The van der Waals surface area contributed by atoms with E-state index in [9.17, 15) is 0 Å². The normalized spacial score (nSPS) is 27.2. The van der Waals surface area contributed by atoms with Gasteiger partial charge in [0.05, 0.1) is 5.38 Å². The number of thioether (sulfide) groups is 1. The van der Waals surface area contributed by atoms with E-state index in [2.05, 4.69) is 12.1 Å². The summed E-state index contributed by atoms with van der Waals surface area (Å²) < 4.78 is 0. The average molecular weight is 219 g/mol. The number of fused-ring (bicyclic) bond motifs is 1. The topological polar surface area (TPSA) is 0 Å². The molecule has 0 unspecified atom stereocenters. The molecule has 64 valence electrons. The molecule has 0 fully saturated rings. The third-order valence-corrected chi connectivity index (χ3v) is 4.54. The van der Waals surface area contributed by atoms with Gasteiger partial charge in [0.15, 0.2) is 0 Å². The van der Waals surface area contributed by atoms with Gasteiger partial charge in [0, 0.05) is 16.0 Å². The zero-order chi connectivity index (χ0) is 8.55. The third kappa shape index (κ3) is 1.34. The number of hydrogen-bond donors (Lipinski definition) is 0. The van der Waals surface area contributed by atoms with Crippen molar-refractivity contribution in [2.45, 2.75) is 15.5 Å². The molecule has 0 aliphatic carbocycles. The highest BCUT2D eigenvalue weighted by atomic mass is 35.5. The minimum absolute atomic E-state index is 0.0868. The molecular formula is C9H8Cl2S. The fourth-order valence-corrected chi connectivity index (χ4v) is 3.45. The van der Waals surface area contributed by atoms with Crippen LogP contribution in [0, 0.1) is 0 Å². The molecule has 0 bridgehead atoms. The molecule has 1 aliphatic rings. The molecule has 0 N–H and O–H groups in total. The summed E-state index contributed by atoms with van der Waals surface area (Å²) in [5.74, 6) is 0.619. The largest absolute Gasteiger partial charge is 0.125 e. The molecule has 1 aromatic carbocycles. The highest BCUT2D eigenvalue weighted by Crippen LogP contribution is 2.47. The number of benzene rings is 1. The number of halogens is 2. The third-order valence-electron chi connectivity index (χ3n) is 1.97. The maximum atomic E-state index is 6.20. The predicted molar refractivity (Wildman–Crippen MR) is 55.4 cm³/mol. The fraction of sp³-hybridized carbons (Fsp3) is 0.333. The molecule has 2 rings (SSSR count). The van der Waals surface area contributed by atoms with Crippen molar-refractivity contribution >= 4 is 35.0 Å². The molecular weight excluding hydrogens is 211 g/mol. The van der Waals surface area contributed by atoms with E-state index in [1.807, 2.05) is 12.1 Å². The Morgan fingerprint density at radius 1 is 1.33 bits per heavy atom. The van der Waals surface area contributed by atoms with Gasteiger partial charge >= 0.3 is 0 Å². The number of alkyl halides is 2. The Morgan fingerprint density at radius 2 is 2.08 bits per heavy atom. The van der Waals surface area contributed by atoms with Crippen molar-refractivity contribution in [3.8, 4) is 0 Å². The summed E-state index contributed by atoms with van der Waals surface area (Å²) in [4.78, 5) is 1.28. The van der Waals surface area contributed by atoms with Gasteiger partial charge in [-0.2, -0.15) is 0 Å². The number of hydrogen-bond acceptors (Lipinski definition) is 1. The second-order valence-electron chi connectivity index (χ2n) is 2.75. The molecule has 1 aliphatic heterocycles. The molecule has 0 saturated heterocycles. The quantitative estimate of drug-likeness (QED) is 0.649. The number of rotatable bonds is 1. The van der Waals surface area contributed by atoms with Crippen LogP contribution in [-0.4, -0.2) is 11.1 Å². The summed E-state index contributed by atoms with van der Waals surface area (Å²) >= 11 is 13.8. The van der Waals surface area contributed by atoms with Gasteiger partial charge in [0.2, 0.25) is 0 Å². The van der Waals surface area contributed by atoms with E-state index in [-0.39, 0.29) is 5.38 Å². The lowest BCUT2D eigenvalue weighted by Crippen LogP contribution is -2.05. The van der Waals surface area contributed by atoms with Crippen LogP contribution in [0.2, 0.25) is 0 Å². The lowest BCUT2D eigenvalue weighted by molar-refractivity contribution is 0.926. The molecule has 0 amide bonds. The second-order valence-corrected chi connectivity index (χ2v) is 4.81. The molecule has 2 atom stereocenters. The van der Waals surface area contributed by atoms with Crippen molar-refractivity contribution in [2.75, 3.05) is 5.88 Å². The molecule has 1 aromatic rings. The Labute approximate surface area is 86.3 Å². The van der Waals surface area contributed by atoms with E-state index in [4.69, 9.17) is 23.2 Å². The van der Waals surface area contributed by atoms with Gasteiger partial charge in [-0.25, -0.2) is 0 Å². The molecule has 1 heterocycles. The molecule has 0 saturated carbocycles. The average Bonchev–Trinajstić information content (AvgIpc) is 2.44. The van der Waals surface area contributed by atoms with Crippen molar-refractivity contribution in [3.05, 3.63) is 29.8 Å². The minimum atomic E-state index is 0.0868. The highest BCUT2D eigenvalue weighted by molar-refractivity contribution is 8.00. The van der Waals surface area contributed by atoms with E-state index in [1.165, 1.54) is 10.5 Å². The molecule has 0 radical (unpaired) electrons. The van der Waals surface area contributed by atoms with Crippen LogP contribution in [0.25, 0.3) is 0 Å². The fourth-order valence-electron chi connectivity index (χ4n) is 1.35. The maximum Gasteiger partial charge on any atom is 0.0729 e. The van der Waals surface area contributed by atoms with Crippen LogP contribution in [0.5, 0.6) is 0 Å².